The molecule has 1 aliphatic carbocycles. The standard InChI is InChI=1S/C20H21F3N2O3S/c21-17-10-9-16(18(22)19(17)23)20(26)24-12-11-13-5-7-15(8-6-13)29(27,28)25-14-3-1-2-4-14/h5-10,14,25H,1-4,11-12H2,(H,24,26). The monoisotopic (exact) mass is 426 g/mol. The van der Waals surface area contributed by atoms with Gasteiger partial charge in [0, 0.05) is 12.6 Å². The molecular weight excluding hydrogens is 405 g/mol. The molecule has 2 aromatic carbocycles. The van der Waals surface area contributed by atoms with Gasteiger partial charge in [-0.2, -0.15) is 0 Å². The molecule has 0 atom stereocenters. The Kier molecular flexibility index (Phi) is 6.59. The second kappa shape index (κ2) is 8.96. The van der Waals surface area contributed by atoms with Crippen molar-refractivity contribution >= 4 is 15.9 Å². The first kappa shape index (κ1) is 21.3. The summed E-state index contributed by atoms with van der Waals surface area (Å²) in [5.74, 6) is -5.45. The summed E-state index contributed by atoms with van der Waals surface area (Å²) < 4.78 is 67.2. The molecular formula is C20H21F3N2O3S. The lowest BCUT2D eigenvalue weighted by Crippen LogP contribution is -2.32. The number of rotatable bonds is 7. The Morgan fingerprint density at radius 1 is 0.966 bits per heavy atom. The summed E-state index contributed by atoms with van der Waals surface area (Å²) >= 11 is 0. The van der Waals surface area contributed by atoms with Gasteiger partial charge >= 0.3 is 0 Å². The molecule has 1 aliphatic rings. The van der Waals surface area contributed by atoms with Crippen LogP contribution in [0.5, 0.6) is 0 Å². The van der Waals surface area contributed by atoms with Crippen molar-refractivity contribution in [3.63, 3.8) is 0 Å². The molecule has 1 amide bonds. The van der Waals surface area contributed by atoms with E-state index < -0.39 is 38.9 Å². The largest absolute Gasteiger partial charge is 0.352 e. The molecule has 0 unspecified atom stereocenters. The van der Waals surface area contributed by atoms with Crippen LogP contribution in [-0.4, -0.2) is 26.9 Å². The molecule has 5 nitrogen and oxygen atoms in total. The lowest BCUT2D eigenvalue weighted by Gasteiger charge is -2.13. The van der Waals surface area contributed by atoms with Crippen LogP contribution in [0.4, 0.5) is 13.2 Å². The summed E-state index contributed by atoms with van der Waals surface area (Å²) in [5.41, 5.74) is 0.180. The number of hydrogen-bond donors (Lipinski definition) is 2. The van der Waals surface area contributed by atoms with Gasteiger partial charge in [0.2, 0.25) is 10.0 Å². The van der Waals surface area contributed by atoms with E-state index in [4.69, 9.17) is 0 Å². The summed E-state index contributed by atoms with van der Waals surface area (Å²) in [6.07, 6.45) is 4.08. The Balaban J connectivity index is 1.55. The molecule has 1 fully saturated rings. The van der Waals surface area contributed by atoms with Crippen molar-refractivity contribution in [3.05, 3.63) is 65.0 Å². The Labute approximate surface area is 167 Å². The summed E-state index contributed by atoms with van der Waals surface area (Å²) in [5, 5.41) is 2.43. The third kappa shape index (κ3) is 5.16. The highest BCUT2D eigenvalue weighted by atomic mass is 32.2. The summed E-state index contributed by atoms with van der Waals surface area (Å²) in [6, 6.07) is 7.78. The van der Waals surface area contributed by atoms with E-state index in [1.807, 2.05) is 0 Å². The molecule has 9 heteroatoms. The van der Waals surface area contributed by atoms with Crippen LogP contribution in [0.1, 0.15) is 41.6 Å². The first-order valence-corrected chi connectivity index (χ1v) is 10.8. The van der Waals surface area contributed by atoms with Crippen LogP contribution in [0.15, 0.2) is 41.3 Å². The highest BCUT2D eigenvalue weighted by Crippen LogP contribution is 2.20. The van der Waals surface area contributed by atoms with Crippen molar-refractivity contribution in [2.24, 2.45) is 0 Å². The summed E-state index contributed by atoms with van der Waals surface area (Å²) in [4.78, 5) is 12.1. The van der Waals surface area contributed by atoms with E-state index in [0.29, 0.717) is 12.5 Å². The predicted molar refractivity (Wildman–Crippen MR) is 101 cm³/mol. The van der Waals surface area contributed by atoms with E-state index in [-0.39, 0.29) is 17.5 Å². The average Bonchev–Trinajstić information content (AvgIpc) is 3.19. The molecule has 2 aromatic rings. The minimum Gasteiger partial charge on any atom is -0.352 e. The lowest BCUT2D eigenvalue weighted by molar-refractivity contribution is 0.0949. The van der Waals surface area contributed by atoms with E-state index in [2.05, 4.69) is 10.0 Å². The molecule has 3 rings (SSSR count). The molecule has 0 heterocycles. The van der Waals surface area contributed by atoms with Gasteiger partial charge < -0.3 is 5.32 Å². The number of halogens is 3. The first-order valence-electron chi connectivity index (χ1n) is 9.31. The van der Waals surface area contributed by atoms with E-state index in [0.717, 1.165) is 37.3 Å². The van der Waals surface area contributed by atoms with E-state index >= 15 is 0 Å². The fourth-order valence-corrected chi connectivity index (χ4v) is 4.59. The number of benzene rings is 2. The van der Waals surface area contributed by atoms with Gasteiger partial charge in [0.25, 0.3) is 5.91 Å². The molecule has 0 bridgehead atoms. The second-order valence-electron chi connectivity index (χ2n) is 6.98. The van der Waals surface area contributed by atoms with E-state index in [1.165, 1.54) is 12.1 Å². The van der Waals surface area contributed by atoms with Crippen molar-refractivity contribution in [3.8, 4) is 0 Å². The number of carbonyl (C=O) groups excluding carboxylic acids is 1. The molecule has 0 aromatic heterocycles. The third-order valence-electron chi connectivity index (χ3n) is 4.89. The molecule has 156 valence electrons. The van der Waals surface area contributed by atoms with Gasteiger partial charge in [-0.15, -0.1) is 0 Å². The van der Waals surface area contributed by atoms with Crippen LogP contribution < -0.4 is 10.0 Å². The predicted octanol–water partition coefficient (Wildman–Crippen LogP) is 3.30. The van der Waals surface area contributed by atoms with Crippen LogP contribution in [-0.2, 0) is 16.4 Å². The summed E-state index contributed by atoms with van der Waals surface area (Å²) in [7, 11) is -3.57. The van der Waals surface area contributed by atoms with Crippen molar-refractivity contribution in [1.82, 2.24) is 10.0 Å². The fraction of sp³-hybridized carbons (Fsp3) is 0.350. The van der Waals surface area contributed by atoms with Crippen LogP contribution in [0, 0.1) is 17.5 Å². The third-order valence-corrected chi connectivity index (χ3v) is 6.43. The number of hydrogen-bond acceptors (Lipinski definition) is 3. The quantitative estimate of drug-likeness (QED) is 0.667. The van der Waals surface area contributed by atoms with Crippen molar-refractivity contribution < 1.29 is 26.4 Å². The zero-order chi connectivity index (χ0) is 21.0. The summed E-state index contributed by atoms with van der Waals surface area (Å²) in [6.45, 7) is 0.115. The van der Waals surface area contributed by atoms with Gasteiger partial charge in [0.1, 0.15) is 0 Å². The lowest BCUT2D eigenvalue weighted by atomic mass is 10.1. The number of nitrogens with one attached hydrogen (secondary N) is 2. The van der Waals surface area contributed by atoms with Gasteiger partial charge in [0.05, 0.1) is 10.5 Å². The smallest absolute Gasteiger partial charge is 0.254 e. The minimum absolute atomic E-state index is 0.0217. The Bertz CT molecular complexity index is 989. The molecule has 0 aliphatic heterocycles. The molecule has 0 spiro atoms. The zero-order valence-electron chi connectivity index (χ0n) is 15.6. The van der Waals surface area contributed by atoms with Crippen LogP contribution in [0.3, 0.4) is 0 Å². The zero-order valence-corrected chi connectivity index (χ0v) is 16.4. The SMILES string of the molecule is O=C(NCCc1ccc(S(=O)(=O)NC2CCCC2)cc1)c1ccc(F)c(F)c1F. The van der Waals surface area contributed by atoms with Crippen LogP contribution in [0.2, 0.25) is 0 Å². The Morgan fingerprint density at radius 3 is 2.28 bits per heavy atom. The van der Waals surface area contributed by atoms with Crippen LogP contribution >= 0.6 is 0 Å². The highest BCUT2D eigenvalue weighted by molar-refractivity contribution is 7.89. The first-order chi connectivity index (χ1) is 13.8. The minimum atomic E-state index is -3.57. The number of amides is 1. The Morgan fingerprint density at radius 2 is 1.62 bits per heavy atom. The number of carbonyl (C=O) groups is 1. The second-order valence-corrected chi connectivity index (χ2v) is 8.69. The normalized spacial score (nSPS) is 14.9. The maximum Gasteiger partial charge on any atom is 0.254 e. The fourth-order valence-electron chi connectivity index (χ4n) is 3.28. The molecule has 29 heavy (non-hydrogen) atoms. The van der Waals surface area contributed by atoms with Crippen LogP contribution in [0.25, 0.3) is 0 Å². The van der Waals surface area contributed by atoms with E-state index in [1.54, 1.807) is 12.1 Å². The van der Waals surface area contributed by atoms with Gasteiger partial charge in [-0.3, -0.25) is 4.79 Å². The highest BCUT2D eigenvalue weighted by Gasteiger charge is 2.23. The topological polar surface area (TPSA) is 75.3 Å². The maximum absolute atomic E-state index is 13.6. The molecule has 0 saturated heterocycles. The molecule has 1 saturated carbocycles. The Hall–Kier alpha value is -2.39. The van der Waals surface area contributed by atoms with Gasteiger partial charge in [0.15, 0.2) is 17.5 Å². The van der Waals surface area contributed by atoms with Gasteiger partial charge in [-0.25, -0.2) is 26.3 Å². The average molecular weight is 426 g/mol. The number of sulfonamides is 1. The molecule has 0 radical (unpaired) electrons. The molecule has 2 N–H and O–H groups in total. The van der Waals surface area contributed by atoms with E-state index in [9.17, 15) is 26.4 Å². The maximum atomic E-state index is 13.6. The van der Waals surface area contributed by atoms with Crippen molar-refractivity contribution in [2.45, 2.75) is 43.0 Å². The van der Waals surface area contributed by atoms with Crippen molar-refractivity contribution in [1.29, 1.82) is 0 Å². The van der Waals surface area contributed by atoms with Gasteiger partial charge in [-0.1, -0.05) is 25.0 Å². The van der Waals surface area contributed by atoms with Gasteiger partial charge in [-0.05, 0) is 49.1 Å². The van der Waals surface area contributed by atoms with Crippen molar-refractivity contribution in [2.75, 3.05) is 6.54 Å².